The Labute approximate surface area is 145 Å². The highest BCUT2D eigenvalue weighted by Crippen LogP contribution is 2.35. The van der Waals surface area contributed by atoms with Gasteiger partial charge in [-0.15, -0.1) is 11.3 Å². The van der Waals surface area contributed by atoms with E-state index in [4.69, 9.17) is 0 Å². The second-order valence-corrected chi connectivity index (χ2v) is 9.38. The van der Waals surface area contributed by atoms with Gasteiger partial charge < -0.3 is 0 Å². The molecule has 1 N–H and O–H groups in total. The van der Waals surface area contributed by atoms with Crippen LogP contribution >= 0.6 is 43.2 Å². The molecule has 120 valence electrons. The van der Waals surface area contributed by atoms with Crippen LogP contribution in [-0.4, -0.2) is 8.42 Å². The van der Waals surface area contributed by atoms with E-state index in [-0.39, 0.29) is 9.77 Å². The van der Waals surface area contributed by atoms with Crippen molar-refractivity contribution < 1.29 is 21.6 Å². The van der Waals surface area contributed by atoms with Crippen LogP contribution in [0, 0.1) is 0 Å². The summed E-state index contributed by atoms with van der Waals surface area (Å²) in [5.74, 6) is 0. The van der Waals surface area contributed by atoms with Crippen LogP contribution in [0.2, 0.25) is 0 Å². The summed E-state index contributed by atoms with van der Waals surface area (Å²) in [4.78, 5) is 0. The highest BCUT2D eigenvalue weighted by Gasteiger charge is 2.33. The topological polar surface area (TPSA) is 46.2 Å². The summed E-state index contributed by atoms with van der Waals surface area (Å²) in [5.41, 5.74) is -0.987. The van der Waals surface area contributed by atoms with Crippen molar-refractivity contribution >= 4 is 53.2 Å². The molecule has 2 rings (SSSR count). The van der Waals surface area contributed by atoms with E-state index in [2.05, 4.69) is 36.6 Å². The Hall–Kier alpha value is -0.420. The van der Waals surface area contributed by atoms with E-state index < -0.39 is 28.3 Å². The van der Waals surface area contributed by atoms with Crippen LogP contribution in [0.3, 0.4) is 0 Å². The molecule has 1 heterocycles. The molecule has 0 radical (unpaired) electrons. The van der Waals surface area contributed by atoms with Gasteiger partial charge in [0.1, 0.15) is 4.21 Å². The number of hydrogen-bond acceptors (Lipinski definition) is 3. The lowest BCUT2D eigenvalue weighted by Crippen LogP contribution is -2.24. The molecule has 0 aliphatic rings. The molecule has 1 aromatic carbocycles. The summed E-state index contributed by atoms with van der Waals surface area (Å²) >= 11 is 7.30. The van der Waals surface area contributed by atoms with Gasteiger partial charge in [-0.25, -0.2) is 13.1 Å². The lowest BCUT2D eigenvalue weighted by atomic mass is 10.1. The SMILES string of the molecule is O=S(=O)(NCc1ccccc1C(F)(F)F)c1cc(Br)c(Br)s1. The van der Waals surface area contributed by atoms with E-state index in [1.807, 2.05) is 0 Å². The molecule has 3 nitrogen and oxygen atoms in total. The molecule has 0 saturated carbocycles. The van der Waals surface area contributed by atoms with Crippen molar-refractivity contribution in [1.82, 2.24) is 4.72 Å². The Bertz CT molecular complexity index is 768. The third-order valence-electron chi connectivity index (χ3n) is 2.66. The van der Waals surface area contributed by atoms with Crippen LogP contribution < -0.4 is 4.72 Å². The van der Waals surface area contributed by atoms with Crippen molar-refractivity contribution in [2.75, 3.05) is 0 Å². The number of thiophene rings is 1. The van der Waals surface area contributed by atoms with Gasteiger partial charge in [0.2, 0.25) is 10.0 Å². The number of alkyl halides is 3. The lowest BCUT2D eigenvalue weighted by molar-refractivity contribution is -0.138. The average Bonchev–Trinajstić information content (AvgIpc) is 2.77. The van der Waals surface area contributed by atoms with E-state index in [1.54, 1.807) is 0 Å². The van der Waals surface area contributed by atoms with E-state index in [0.29, 0.717) is 8.26 Å². The second kappa shape index (κ2) is 6.60. The molecule has 0 saturated heterocycles. The first-order valence-corrected chi connectivity index (χ1v) is 9.59. The second-order valence-electron chi connectivity index (χ2n) is 4.17. The minimum absolute atomic E-state index is 0.00994. The number of rotatable bonds is 4. The monoisotopic (exact) mass is 477 g/mol. The molecule has 0 aliphatic carbocycles. The quantitative estimate of drug-likeness (QED) is 0.687. The van der Waals surface area contributed by atoms with E-state index in [9.17, 15) is 21.6 Å². The number of nitrogens with one attached hydrogen (secondary N) is 1. The van der Waals surface area contributed by atoms with Crippen LogP contribution in [-0.2, 0) is 22.7 Å². The fourth-order valence-electron chi connectivity index (χ4n) is 1.65. The van der Waals surface area contributed by atoms with E-state index >= 15 is 0 Å². The standard InChI is InChI=1S/C12H8Br2F3NO2S2/c13-9-5-10(21-11(9)14)22(19,20)18-6-7-3-1-2-4-8(7)12(15,16)17/h1-5,18H,6H2. The van der Waals surface area contributed by atoms with Crippen molar-refractivity contribution in [3.05, 3.63) is 49.7 Å². The van der Waals surface area contributed by atoms with Gasteiger partial charge in [0.05, 0.1) is 9.35 Å². The maximum absolute atomic E-state index is 12.9. The maximum atomic E-state index is 12.9. The van der Waals surface area contributed by atoms with Crippen LogP contribution in [0.25, 0.3) is 0 Å². The molecule has 2 aromatic rings. The molecule has 0 unspecified atom stereocenters. The van der Waals surface area contributed by atoms with Crippen molar-refractivity contribution in [2.45, 2.75) is 16.9 Å². The summed E-state index contributed by atoms with van der Waals surface area (Å²) in [7, 11) is -3.88. The first-order valence-electron chi connectivity index (χ1n) is 5.71. The zero-order valence-electron chi connectivity index (χ0n) is 10.6. The van der Waals surface area contributed by atoms with Crippen LogP contribution in [0.15, 0.2) is 42.8 Å². The molecule has 0 spiro atoms. The van der Waals surface area contributed by atoms with Gasteiger partial charge in [0, 0.05) is 11.0 Å². The van der Waals surface area contributed by atoms with E-state index in [0.717, 1.165) is 17.4 Å². The molecule has 0 amide bonds. The number of halogens is 5. The van der Waals surface area contributed by atoms with Gasteiger partial charge in [-0.3, -0.25) is 0 Å². The predicted molar refractivity (Wildman–Crippen MR) is 85.2 cm³/mol. The van der Waals surface area contributed by atoms with Gasteiger partial charge in [0.25, 0.3) is 0 Å². The van der Waals surface area contributed by atoms with Crippen LogP contribution in [0.5, 0.6) is 0 Å². The van der Waals surface area contributed by atoms with Gasteiger partial charge in [-0.1, -0.05) is 18.2 Å². The van der Waals surface area contributed by atoms with Crippen molar-refractivity contribution in [2.24, 2.45) is 0 Å². The van der Waals surface area contributed by atoms with Crippen molar-refractivity contribution in [1.29, 1.82) is 0 Å². The summed E-state index contributed by atoms with van der Waals surface area (Å²) < 4.78 is 66.1. The van der Waals surface area contributed by atoms with Gasteiger partial charge in [-0.2, -0.15) is 13.2 Å². The molecule has 1 aromatic heterocycles. The Morgan fingerprint density at radius 2 is 1.82 bits per heavy atom. The summed E-state index contributed by atoms with van der Waals surface area (Å²) in [6.45, 7) is -0.439. The first kappa shape index (κ1) is 17.9. The number of benzene rings is 1. The third kappa shape index (κ3) is 4.10. The zero-order valence-corrected chi connectivity index (χ0v) is 15.4. The fourth-order valence-corrected chi connectivity index (χ4v) is 5.52. The molecule has 0 aliphatic heterocycles. The van der Waals surface area contributed by atoms with E-state index in [1.165, 1.54) is 24.3 Å². The van der Waals surface area contributed by atoms with Gasteiger partial charge in [-0.05, 0) is 49.6 Å². The normalized spacial score (nSPS) is 12.6. The molecule has 0 bridgehead atoms. The molecule has 0 atom stereocenters. The molecular weight excluding hydrogens is 471 g/mol. The Kier molecular flexibility index (Phi) is 5.38. The lowest BCUT2D eigenvalue weighted by Gasteiger charge is -2.13. The average molecular weight is 479 g/mol. The molecule has 0 fully saturated rings. The van der Waals surface area contributed by atoms with Gasteiger partial charge in [0.15, 0.2) is 0 Å². The third-order valence-corrected chi connectivity index (χ3v) is 7.79. The number of sulfonamides is 1. The molecule has 22 heavy (non-hydrogen) atoms. The smallest absolute Gasteiger partial charge is 0.206 e. The molecular formula is C12H8Br2F3NO2S2. The number of hydrogen-bond donors (Lipinski definition) is 1. The fraction of sp³-hybridized carbons (Fsp3) is 0.167. The summed E-state index contributed by atoms with van der Waals surface area (Å²) in [5, 5.41) is 0. The minimum atomic E-state index is -4.53. The van der Waals surface area contributed by atoms with Gasteiger partial charge >= 0.3 is 6.18 Å². The molecule has 10 heteroatoms. The van der Waals surface area contributed by atoms with Crippen molar-refractivity contribution in [3.63, 3.8) is 0 Å². The maximum Gasteiger partial charge on any atom is 0.416 e. The minimum Gasteiger partial charge on any atom is -0.206 e. The predicted octanol–water partition coefficient (Wildman–Crippen LogP) is 4.77. The van der Waals surface area contributed by atoms with Crippen molar-refractivity contribution in [3.8, 4) is 0 Å². The first-order chi connectivity index (χ1) is 10.1. The summed E-state index contributed by atoms with van der Waals surface area (Å²) in [6.07, 6.45) is -4.53. The van der Waals surface area contributed by atoms with Crippen LogP contribution in [0.4, 0.5) is 13.2 Å². The summed E-state index contributed by atoms with van der Waals surface area (Å²) in [6, 6.07) is 6.23. The highest BCUT2D eigenvalue weighted by atomic mass is 79.9. The Morgan fingerprint density at radius 3 is 2.36 bits per heavy atom. The largest absolute Gasteiger partial charge is 0.416 e. The zero-order chi connectivity index (χ0) is 16.5. The van der Waals surface area contributed by atoms with Crippen LogP contribution in [0.1, 0.15) is 11.1 Å². The Balaban J connectivity index is 2.23. The Morgan fingerprint density at radius 1 is 1.18 bits per heavy atom. The highest BCUT2D eigenvalue weighted by molar-refractivity contribution is 9.13.